The van der Waals surface area contributed by atoms with E-state index >= 15 is 0 Å². The molecule has 5 nitrogen and oxygen atoms in total. The number of hydrogen-bond donors (Lipinski definition) is 0. The average molecular weight is 406 g/mol. The van der Waals surface area contributed by atoms with E-state index in [0.717, 1.165) is 11.0 Å². The number of nitrogens with zero attached hydrogens (tertiary/aromatic N) is 3. The summed E-state index contributed by atoms with van der Waals surface area (Å²) in [7, 11) is -2.15. The van der Waals surface area contributed by atoms with Crippen LogP contribution in [0, 0.1) is 5.41 Å². The predicted molar refractivity (Wildman–Crippen MR) is 112 cm³/mol. The lowest BCUT2D eigenvalue weighted by atomic mass is 9.88. The molecule has 146 valence electrons. The van der Waals surface area contributed by atoms with Crippen LogP contribution in [0.1, 0.15) is 40.2 Å². The molecule has 2 aromatic rings. The maximum absolute atomic E-state index is 13.3. The molecule has 1 fully saturated rings. The van der Waals surface area contributed by atoms with Gasteiger partial charge in [-0.3, -0.25) is 4.79 Å². The van der Waals surface area contributed by atoms with Crippen molar-refractivity contribution in [3.63, 3.8) is 0 Å². The zero-order valence-electron chi connectivity index (χ0n) is 16.9. The first-order valence-corrected chi connectivity index (χ1v) is 12.5. The lowest BCUT2D eigenvalue weighted by molar-refractivity contribution is -0.129. The van der Waals surface area contributed by atoms with Gasteiger partial charge in [0.25, 0.3) is 0 Å². The van der Waals surface area contributed by atoms with E-state index in [-0.39, 0.29) is 16.9 Å². The highest BCUT2D eigenvalue weighted by Gasteiger charge is 2.53. The van der Waals surface area contributed by atoms with Crippen molar-refractivity contribution in [1.29, 1.82) is 0 Å². The van der Waals surface area contributed by atoms with Crippen LogP contribution >= 0.6 is 11.6 Å². The molecule has 0 aromatic carbocycles. The Morgan fingerprint density at radius 1 is 1.41 bits per heavy atom. The molecular weight excluding hydrogens is 378 g/mol. The molecule has 0 N–H and O–H groups in total. The number of allylic oxidation sites excluding steroid dienone is 1. The molecule has 0 saturated heterocycles. The largest absolute Gasteiger partial charge is 0.405 e. The van der Waals surface area contributed by atoms with Gasteiger partial charge in [-0.2, -0.15) is 0 Å². The van der Waals surface area contributed by atoms with Crippen molar-refractivity contribution in [1.82, 2.24) is 14.5 Å². The molecule has 0 aliphatic heterocycles. The Kier molecular flexibility index (Phi) is 4.90. The number of rotatable bonds is 4. The Morgan fingerprint density at radius 2 is 2.07 bits per heavy atom. The Morgan fingerprint density at radius 3 is 2.67 bits per heavy atom. The summed E-state index contributed by atoms with van der Waals surface area (Å²) in [6.45, 7) is 16.7. The average Bonchev–Trinajstić information content (AvgIpc) is 3.10. The fourth-order valence-electron chi connectivity index (χ4n) is 3.40. The SMILES string of the molecule is C=C[C@@]1(C)C[C@@H](n2ccc3c(Cl)ncnc32)[C@H](O[Si](C)(C)C(C)(C)C)C1=O. The molecule has 0 bridgehead atoms. The van der Waals surface area contributed by atoms with Crippen molar-refractivity contribution in [3.05, 3.63) is 36.4 Å². The van der Waals surface area contributed by atoms with Crippen molar-refractivity contribution >= 4 is 36.7 Å². The number of hydrogen-bond acceptors (Lipinski definition) is 4. The normalized spacial score (nSPS) is 26.7. The van der Waals surface area contributed by atoms with Crippen LogP contribution in [0.25, 0.3) is 11.0 Å². The van der Waals surface area contributed by atoms with Gasteiger partial charge >= 0.3 is 0 Å². The Balaban J connectivity index is 2.09. The third-order valence-corrected chi connectivity index (χ3v) is 11.1. The van der Waals surface area contributed by atoms with Crippen LogP contribution in [-0.2, 0) is 9.22 Å². The van der Waals surface area contributed by atoms with Gasteiger partial charge in [-0.15, -0.1) is 6.58 Å². The summed E-state index contributed by atoms with van der Waals surface area (Å²) < 4.78 is 8.65. The second-order valence-corrected chi connectivity index (χ2v) is 14.3. The van der Waals surface area contributed by atoms with Gasteiger partial charge in [0.05, 0.1) is 11.4 Å². The molecule has 0 amide bonds. The van der Waals surface area contributed by atoms with Gasteiger partial charge in [0.1, 0.15) is 23.2 Å². The molecular formula is C20H28ClN3O2Si. The number of aromatic nitrogens is 3. The molecule has 1 aliphatic carbocycles. The third-order valence-electron chi connectivity index (χ3n) is 6.30. The summed E-state index contributed by atoms with van der Waals surface area (Å²) in [5.41, 5.74) is 0.107. The summed E-state index contributed by atoms with van der Waals surface area (Å²) in [6, 6.07) is 1.74. The minimum Gasteiger partial charge on any atom is -0.405 e. The van der Waals surface area contributed by atoms with E-state index in [1.54, 1.807) is 6.08 Å². The quantitative estimate of drug-likeness (QED) is 0.399. The van der Waals surface area contributed by atoms with E-state index in [0.29, 0.717) is 11.6 Å². The topological polar surface area (TPSA) is 57.0 Å². The first kappa shape index (κ1) is 20.2. The predicted octanol–water partition coefficient (Wildman–Crippen LogP) is 5.18. The van der Waals surface area contributed by atoms with E-state index in [1.165, 1.54) is 6.33 Å². The Labute approximate surface area is 166 Å². The Hall–Kier alpha value is -1.50. The minimum atomic E-state index is -2.15. The van der Waals surface area contributed by atoms with E-state index in [2.05, 4.69) is 50.4 Å². The number of halogens is 1. The van der Waals surface area contributed by atoms with Crippen LogP contribution in [0.3, 0.4) is 0 Å². The highest BCUT2D eigenvalue weighted by Crippen LogP contribution is 2.48. The molecule has 1 saturated carbocycles. The lowest BCUT2D eigenvalue weighted by Crippen LogP contribution is -2.47. The van der Waals surface area contributed by atoms with Gasteiger partial charge in [0, 0.05) is 11.6 Å². The molecule has 27 heavy (non-hydrogen) atoms. The summed E-state index contributed by atoms with van der Waals surface area (Å²) in [6.07, 6.45) is 5.23. The van der Waals surface area contributed by atoms with Gasteiger partial charge < -0.3 is 8.99 Å². The van der Waals surface area contributed by atoms with Crippen molar-refractivity contribution < 1.29 is 9.22 Å². The van der Waals surface area contributed by atoms with Crippen LogP contribution in [0.5, 0.6) is 0 Å². The summed E-state index contributed by atoms with van der Waals surface area (Å²) >= 11 is 6.22. The van der Waals surface area contributed by atoms with Crippen molar-refractivity contribution in [2.45, 2.75) is 64.4 Å². The zero-order chi connectivity index (χ0) is 20.2. The summed E-state index contributed by atoms with van der Waals surface area (Å²) in [5.74, 6) is 0.0920. The van der Waals surface area contributed by atoms with Crippen LogP contribution in [0.4, 0.5) is 0 Å². The van der Waals surface area contributed by atoms with E-state index in [9.17, 15) is 4.79 Å². The van der Waals surface area contributed by atoms with E-state index < -0.39 is 19.8 Å². The number of fused-ring (bicyclic) bond motifs is 1. The van der Waals surface area contributed by atoms with Gasteiger partial charge in [-0.1, -0.05) is 38.4 Å². The number of carbonyl (C=O) groups excluding carboxylic acids is 1. The number of ketones is 1. The second kappa shape index (κ2) is 6.53. The standard InChI is InChI=1S/C20H28ClN3O2Si/c1-8-20(5)11-14(15(16(20)25)26-27(6,7)19(2,3)4)24-10-9-13-17(21)22-12-23-18(13)24/h8-10,12,14-15H,1,11H2,2-7H3/t14-,15+,20+/m1/s1. The van der Waals surface area contributed by atoms with Gasteiger partial charge in [-0.05, 0) is 37.5 Å². The second-order valence-electron chi connectivity index (χ2n) is 9.18. The minimum absolute atomic E-state index is 0.00916. The van der Waals surface area contributed by atoms with Gasteiger partial charge in [0.2, 0.25) is 0 Å². The first-order valence-electron chi connectivity index (χ1n) is 9.24. The molecule has 0 radical (unpaired) electrons. The highest BCUT2D eigenvalue weighted by atomic mass is 35.5. The van der Waals surface area contributed by atoms with Crippen LogP contribution < -0.4 is 0 Å². The fourth-order valence-corrected chi connectivity index (χ4v) is 4.85. The van der Waals surface area contributed by atoms with Crippen LogP contribution in [-0.4, -0.2) is 34.7 Å². The van der Waals surface area contributed by atoms with Gasteiger partial charge in [-0.25, -0.2) is 9.97 Å². The summed E-state index contributed by atoms with van der Waals surface area (Å²) in [5, 5.41) is 1.20. The molecule has 3 atom stereocenters. The molecule has 1 aliphatic rings. The maximum Gasteiger partial charge on any atom is 0.193 e. The molecule has 7 heteroatoms. The third kappa shape index (κ3) is 3.28. The van der Waals surface area contributed by atoms with Crippen LogP contribution in [0.2, 0.25) is 23.3 Å². The first-order chi connectivity index (χ1) is 12.4. The van der Waals surface area contributed by atoms with E-state index in [1.807, 2.05) is 23.8 Å². The van der Waals surface area contributed by atoms with Crippen molar-refractivity contribution in [3.8, 4) is 0 Å². The smallest absolute Gasteiger partial charge is 0.193 e. The molecule has 2 heterocycles. The van der Waals surface area contributed by atoms with E-state index in [4.69, 9.17) is 16.0 Å². The van der Waals surface area contributed by atoms with Crippen molar-refractivity contribution in [2.75, 3.05) is 0 Å². The molecule has 0 unspecified atom stereocenters. The fraction of sp³-hybridized carbons (Fsp3) is 0.550. The lowest BCUT2D eigenvalue weighted by Gasteiger charge is -2.39. The monoisotopic (exact) mass is 405 g/mol. The van der Waals surface area contributed by atoms with Crippen molar-refractivity contribution in [2.24, 2.45) is 5.41 Å². The molecule has 0 spiro atoms. The van der Waals surface area contributed by atoms with Gasteiger partial charge in [0.15, 0.2) is 14.1 Å². The Bertz CT molecular complexity index is 902. The molecule has 3 rings (SSSR count). The van der Waals surface area contributed by atoms with Crippen LogP contribution in [0.15, 0.2) is 31.2 Å². The maximum atomic E-state index is 13.3. The molecule has 2 aromatic heterocycles. The number of Topliss-reactive ketones (excluding diaryl/α,β-unsaturated/α-hetero) is 1. The summed E-state index contributed by atoms with van der Waals surface area (Å²) in [4.78, 5) is 21.8. The highest BCUT2D eigenvalue weighted by molar-refractivity contribution is 6.74. The zero-order valence-corrected chi connectivity index (χ0v) is 18.7. The number of carbonyl (C=O) groups is 1.